The molecule has 4 aliphatic rings. The van der Waals surface area contributed by atoms with E-state index in [0.717, 1.165) is 36.4 Å². The number of allylic oxidation sites excluding steroid dienone is 2. The minimum absolute atomic E-state index is 0.0379. The molecule has 290 valence electrons. The molecular weight excluding hydrogens is 775 g/mol. The molecule has 3 fully saturated rings. The molecule has 2 saturated heterocycles. The molecule has 10 rings (SSSR count). The molecule has 11 nitrogen and oxygen atoms in total. The quantitative estimate of drug-likeness (QED) is 0.105. The van der Waals surface area contributed by atoms with Crippen LogP contribution in [0.1, 0.15) is 36.8 Å². The number of aromatic hydroxyl groups is 1. The molecule has 0 unspecified atom stereocenters. The predicted octanol–water partition coefficient (Wildman–Crippen LogP) is 6.24. The van der Waals surface area contributed by atoms with Gasteiger partial charge in [0.15, 0.2) is 0 Å². The van der Waals surface area contributed by atoms with E-state index in [1.54, 1.807) is 54.3 Å². The van der Waals surface area contributed by atoms with Gasteiger partial charge < -0.3 is 15.2 Å². The molecule has 6 atom stereocenters. The number of aryl methyl sites for hydroxylation is 2. The number of phenols is 1. The van der Waals surface area contributed by atoms with Crippen LogP contribution in [0.25, 0.3) is 31.4 Å². The monoisotopic (exact) mass is 810 g/mol. The van der Waals surface area contributed by atoms with E-state index < -0.39 is 65.8 Å². The summed E-state index contributed by atoms with van der Waals surface area (Å²) in [6.45, 7) is 3.79. The van der Waals surface area contributed by atoms with Crippen molar-refractivity contribution in [1.29, 1.82) is 0 Å². The van der Waals surface area contributed by atoms with Crippen molar-refractivity contribution in [3.05, 3.63) is 113 Å². The van der Waals surface area contributed by atoms with Crippen molar-refractivity contribution in [2.24, 2.45) is 36.1 Å². The van der Waals surface area contributed by atoms with Crippen molar-refractivity contribution >= 4 is 91.5 Å². The second-order valence-corrected chi connectivity index (χ2v) is 17.6. The molecule has 2 aromatic heterocycles. The van der Waals surface area contributed by atoms with Crippen molar-refractivity contribution < 1.29 is 34.3 Å². The molecule has 4 aromatic carbocycles. The molecule has 0 spiro atoms. The second-order valence-electron chi connectivity index (χ2n) is 16.1. The van der Waals surface area contributed by atoms with Crippen LogP contribution in [0.4, 0.5) is 11.5 Å². The molecule has 2 aliphatic carbocycles. The number of thiophene rings is 1. The van der Waals surface area contributed by atoms with Crippen LogP contribution in [0.5, 0.6) is 5.75 Å². The van der Waals surface area contributed by atoms with Crippen LogP contribution >= 0.6 is 22.9 Å². The van der Waals surface area contributed by atoms with Crippen molar-refractivity contribution in [2.45, 2.75) is 32.6 Å². The summed E-state index contributed by atoms with van der Waals surface area (Å²) in [5.41, 5.74) is 1.76. The highest BCUT2D eigenvalue weighted by Crippen LogP contribution is 2.65. The van der Waals surface area contributed by atoms with E-state index in [1.807, 2.05) is 61.5 Å². The van der Waals surface area contributed by atoms with Gasteiger partial charge in [-0.3, -0.25) is 28.8 Å². The zero-order chi connectivity index (χ0) is 40.5. The molecule has 2 aliphatic heterocycles. The topological polar surface area (TPSA) is 153 Å². The van der Waals surface area contributed by atoms with E-state index in [0.29, 0.717) is 27.5 Å². The van der Waals surface area contributed by atoms with Gasteiger partial charge in [0.1, 0.15) is 17.3 Å². The van der Waals surface area contributed by atoms with Crippen LogP contribution in [0.2, 0.25) is 5.02 Å². The van der Waals surface area contributed by atoms with Crippen molar-refractivity contribution in [2.75, 3.05) is 9.80 Å². The Morgan fingerprint density at radius 2 is 1.67 bits per heavy atom. The number of aromatic nitrogens is 2. The molecule has 0 radical (unpaired) electrons. The Hall–Kier alpha value is -5.60. The van der Waals surface area contributed by atoms with E-state index in [1.165, 1.54) is 17.0 Å². The van der Waals surface area contributed by atoms with Gasteiger partial charge >= 0.3 is 7.12 Å². The number of benzene rings is 4. The number of imide groups is 2. The first-order chi connectivity index (χ1) is 27.8. The van der Waals surface area contributed by atoms with Gasteiger partial charge in [0.2, 0.25) is 23.6 Å². The Kier molecular flexibility index (Phi) is 8.20. The number of anilines is 2. The van der Waals surface area contributed by atoms with Gasteiger partial charge in [-0.15, -0.1) is 11.3 Å². The summed E-state index contributed by atoms with van der Waals surface area (Å²) in [7, 11) is -0.0994. The lowest BCUT2D eigenvalue weighted by Gasteiger charge is -2.49. The first-order valence-electron chi connectivity index (χ1n) is 19.2. The number of halogens is 1. The Bertz CT molecular complexity index is 2850. The summed E-state index contributed by atoms with van der Waals surface area (Å²) in [5, 5.41) is 39.5. The number of carbonyl (C=O) groups excluding carboxylic acids is 4. The van der Waals surface area contributed by atoms with Crippen molar-refractivity contribution in [3.63, 3.8) is 0 Å². The van der Waals surface area contributed by atoms with Gasteiger partial charge in [-0.1, -0.05) is 65.7 Å². The van der Waals surface area contributed by atoms with Crippen LogP contribution in [-0.2, 0) is 26.2 Å². The van der Waals surface area contributed by atoms with Crippen LogP contribution < -0.4 is 15.3 Å². The van der Waals surface area contributed by atoms with E-state index in [4.69, 9.17) is 16.7 Å². The summed E-state index contributed by atoms with van der Waals surface area (Å²) < 4.78 is 2.57. The van der Waals surface area contributed by atoms with Crippen LogP contribution in [0, 0.1) is 36.0 Å². The normalized spacial score (nSPS) is 25.4. The number of amides is 4. The summed E-state index contributed by atoms with van der Waals surface area (Å²) in [4.78, 5) is 62.5. The first kappa shape index (κ1) is 36.7. The van der Waals surface area contributed by atoms with Crippen molar-refractivity contribution in [1.82, 2.24) is 9.78 Å². The van der Waals surface area contributed by atoms with E-state index >= 15 is 9.59 Å². The fraction of sp³-hybridized carbons (Fsp3) is 0.250. The minimum atomic E-state index is -1.80. The largest absolute Gasteiger partial charge is 0.508 e. The highest BCUT2D eigenvalue weighted by atomic mass is 35.5. The summed E-state index contributed by atoms with van der Waals surface area (Å²) in [5.74, 6) is -5.47. The number of nitrogens with zero attached hydrogens (tertiary/aromatic N) is 4. The number of hydrogen-bond donors (Lipinski definition) is 3. The lowest BCUT2D eigenvalue weighted by molar-refractivity contribution is -0.131. The molecule has 4 amide bonds. The Balaban J connectivity index is 1.12. The highest BCUT2D eigenvalue weighted by molar-refractivity contribution is 7.22. The molecule has 4 heterocycles. The van der Waals surface area contributed by atoms with Crippen molar-refractivity contribution in [3.8, 4) is 16.3 Å². The fourth-order valence-electron chi connectivity index (χ4n) is 10.4. The molecule has 6 aromatic rings. The number of fused-ring (bicyclic) bond motifs is 6. The number of hydrogen-bond acceptors (Lipinski definition) is 9. The van der Waals surface area contributed by atoms with Gasteiger partial charge in [-0.25, -0.2) is 4.90 Å². The minimum Gasteiger partial charge on any atom is -0.508 e. The number of carbonyl (C=O) groups is 4. The Labute approximate surface area is 341 Å². The van der Waals surface area contributed by atoms with Gasteiger partial charge in [-0.05, 0) is 96.2 Å². The first-order valence-corrected chi connectivity index (χ1v) is 20.3. The second kappa shape index (κ2) is 13.0. The van der Waals surface area contributed by atoms with E-state index in [9.17, 15) is 24.7 Å². The van der Waals surface area contributed by atoms with Crippen LogP contribution in [-0.4, -0.2) is 55.7 Å². The lowest BCUT2D eigenvalue weighted by Crippen LogP contribution is -2.49. The Morgan fingerprint density at radius 3 is 2.47 bits per heavy atom. The summed E-state index contributed by atoms with van der Waals surface area (Å²) in [6, 6.07) is 24.5. The molecule has 14 heteroatoms. The van der Waals surface area contributed by atoms with E-state index in [2.05, 4.69) is 0 Å². The maximum absolute atomic E-state index is 15.4. The summed E-state index contributed by atoms with van der Waals surface area (Å²) in [6.07, 6.45) is 2.27. The smallest absolute Gasteiger partial charge is 0.488 e. The number of phenolic OH excluding ortho intramolecular Hbond substituents is 1. The average Bonchev–Trinajstić information content (AvgIpc) is 3.88. The molecule has 3 N–H and O–H groups in total. The molecule has 58 heavy (non-hydrogen) atoms. The van der Waals surface area contributed by atoms with Crippen LogP contribution in [0.3, 0.4) is 0 Å². The zero-order valence-electron chi connectivity index (χ0n) is 31.6. The SMILES string of the molecule is Cc1c(-c2cc(N3C(=O)[C@@H]4C[C@@H]5C(=CC[C@@H]6C(=O)N(c7cccc(B(O)O)c7)C(=O)[C@@H]65)[C@H](c5c(O)ccc6ccccc56)[C@]4(C)C3=O)n(C)n2)sc2ccc(Cl)cc12. The molecule has 0 bridgehead atoms. The van der Waals surface area contributed by atoms with E-state index in [-0.39, 0.29) is 29.7 Å². The zero-order valence-corrected chi connectivity index (χ0v) is 33.2. The maximum atomic E-state index is 15.4. The third-order valence-corrected chi connectivity index (χ3v) is 14.7. The lowest BCUT2D eigenvalue weighted by atomic mass is 9.51. The maximum Gasteiger partial charge on any atom is 0.488 e. The predicted molar refractivity (Wildman–Crippen MR) is 223 cm³/mol. The van der Waals surface area contributed by atoms with Gasteiger partial charge in [0, 0.05) is 34.3 Å². The average molecular weight is 811 g/mol. The fourth-order valence-corrected chi connectivity index (χ4v) is 11.7. The van der Waals surface area contributed by atoms with Gasteiger partial charge in [-0.2, -0.15) is 5.10 Å². The Morgan fingerprint density at radius 1 is 0.879 bits per heavy atom. The van der Waals surface area contributed by atoms with Crippen LogP contribution in [0.15, 0.2) is 96.6 Å². The third kappa shape index (κ3) is 5.03. The summed E-state index contributed by atoms with van der Waals surface area (Å²) >= 11 is 7.88. The highest BCUT2D eigenvalue weighted by Gasteiger charge is 2.68. The number of rotatable bonds is 5. The molecule has 1 saturated carbocycles. The third-order valence-electron chi connectivity index (χ3n) is 13.2. The van der Waals surface area contributed by atoms with Gasteiger partial charge in [0.05, 0.1) is 33.7 Å². The molecular formula is C44H36BClN4O7S. The van der Waals surface area contributed by atoms with Gasteiger partial charge in [0.25, 0.3) is 0 Å². The standard InChI is InChI=1S/C44H36BClN4O7S/c1-21-29-18-24(46)12-16-34(29)58-39(21)32-20-35(48(3)47-32)50-41(53)31-19-30-27(38(44(31,2)43(50)55)37-26-10-5-4-7-22(26)11-15-33(37)51)13-14-28-36(30)42(54)49(40(28)52)25-9-6-8-23(17-25)45(56)57/h4-13,15-18,20,28,30-31,36,38,51,56-57H,14,19H2,1-3H3/t28-,30+,31-,36-,38+,44+/m0/s1.